The summed E-state index contributed by atoms with van der Waals surface area (Å²) < 4.78 is 22.3. The Balaban J connectivity index is 1.34. The minimum Gasteiger partial charge on any atom is -0.486 e. The topological polar surface area (TPSA) is 69.3 Å². The fourth-order valence-corrected chi connectivity index (χ4v) is 3.35. The Bertz CT molecular complexity index is 876. The molecule has 1 amide bonds. The third kappa shape index (κ3) is 4.10. The molecule has 2 aromatic carbocycles. The molecule has 2 heterocycles. The first kappa shape index (κ1) is 18.7. The SMILES string of the molecule is CCN(CC(=O)Nc1cc2c(cc1Cl)OCO2)C[C@@H]1COc2ccccc2O1. The smallest absolute Gasteiger partial charge is 0.238 e. The van der Waals surface area contributed by atoms with Gasteiger partial charge in [0.25, 0.3) is 0 Å². The number of nitrogens with one attached hydrogen (secondary N) is 1. The minimum absolute atomic E-state index is 0.142. The quantitative estimate of drug-likeness (QED) is 0.797. The summed E-state index contributed by atoms with van der Waals surface area (Å²) in [6.45, 7) is 4.08. The molecular formula is C20H21ClN2O5. The number of carbonyl (C=O) groups excluding carboxylic acids is 1. The summed E-state index contributed by atoms with van der Waals surface area (Å²) in [4.78, 5) is 14.5. The van der Waals surface area contributed by atoms with Gasteiger partial charge in [0.05, 0.1) is 17.3 Å². The van der Waals surface area contributed by atoms with Crippen LogP contribution in [0, 0.1) is 0 Å². The lowest BCUT2D eigenvalue weighted by atomic mass is 10.2. The van der Waals surface area contributed by atoms with Crippen molar-refractivity contribution in [2.24, 2.45) is 0 Å². The number of fused-ring (bicyclic) bond motifs is 2. The van der Waals surface area contributed by atoms with Gasteiger partial charge in [-0.1, -0.05) is 30.7 Å². The van der Waals surface area contributed by atoms with Gasteiger partial charge in [-0.15, -0.1) is 0 Å². The van der Waals surface area contributed by atoms with Crippen LogP contribution in [-0.2, 0) is 4.79 Å². The molecule has 8 heteroatoms. The highest BCUT2D eigenvalue weighted by Gasteiger charge is 2.24. The van der Waals surface area contributed by atoms with E-state index in [1.165, 1.54) is 0 Å². The molecule has 1 N–H and O–H groups in total. The average Bonchev–Trinajstić information content (AvgIpc) is 3.14. The number of ether oxygens (including phenoxy) is 4. The van der Waals surface area contributed by atoms with E-state index in [0.29, 0.717) is 41.9 Å². The van der Waals surface area contributed by atoms with Crippen molar-refractivity contribution in [3.63, 3.8) is 0 Å². The number of carbonyl (C=O) groups is 1. The lowest BCUT2D eigenvalue weighted by molar-refractivity contribution is -0.117. The number of nitrogens with zero attached hydrogens (tertiary/aromatic N) is 1. The maximum absolute atomic E-state index is 12.5. The fraction of sp³-hybridized carbons (Fsp3) is 0.350. The molecule has 2 aromatic rings. The van der Waals surface area contributed by atoms with Gasteiger partial charge < -0.3 is 24.3 Å². The van der Waals surface area contributed by atoms with E-state index in [2.05, 4.69) is 5.32 Å². The maximum atomic E-state index is 12.5. The molecule has 0 saturated heterocycles. The van der Waals surface area contributed by atoms with E-state index >= 15 is 0 Å². The molecule has 0 fully saturated rings. The van der Waals surface area contributed by atoms with Crippen molar-refractivity contribution in [2.45, 2.75) is 13.0 Å². The largest absolute Gasteiger partial charge is 0.486 e. The van der Waals surface area contributed by atoms with Crippen LogP contribution in [0.4, 0.5) is 5.69 Å². The summed E-state index contributed by atoms with van der Waals surface area (Å²) in [6.07, 6.45) is -0.142. The molecular weight excluding hydrogens is 384 g/mol. The molecule has 28 heavy (non-hydrogen) atoms. The Morgan fingerprint density at radius 1 is 1.14 bits per heavy atom. The number of rotatable bonds is 6. The second-order valence-electron chi connectivity index (χ2n) is 6.56. The summed E-state index contributed by atoms with van der Waals surface area (Å²) >= 11 is 6.23. The fourth-order valence-electron chi connectivity index (χ4n) is 3.15. The highest BCUT2D eigenvalue weighted by Crippen LogP contribution is 2.39. The summed E-state index contributed by atoms with van der Waals surface area (Å²) in [6, 6.07) is 10.9. The number of benzene rings is 2. The summed E-state index contributed by atoms with van der Waals surface area (Å²) in [5.74, 6) is 2.45. The standard InChI is InChI=1S/C20H21ClN2O5/c1-2-23(9-13-11-25-16-5-3-4-6-17(16)28-13)10-20(24)22-15-8-19-18(7-14(15)21)26-12-27-19/h3-8,13H,2,9-12H2,1H3,(H,22,24)/t13-/m1/s1. The molecule has 0 spiro atoms. The number of halogens is 1. The molecule has 2 aliphatic rings. The second kappa shape index (κ2) is 8.16. The van der Waals surface area contributed by atoms with Gasteiger partial charge in [-0.3, -0.25) is 9.69 Å². The predicted molar refractivity (Wildman–Crippen MR) is 105 cm³/mol. The van der Waals surface area contributed by atoms with Crippen molar-refractivity contribution >= 4 is 23.2 Å². The van der Waals surface area contributed by atoms with Crippen LogP contribution in [0.1, 0.15) is 6.92 Å². The van der Waals surface area contributed by atoms with Gasteiger partial charge in [-0.05, 0) is 18.7 Å². The number of hydrogen-bond acceptors (Lipinski definition) is 6. The van der Waals surface area contributed by atoms with Gasteiger partial charge in [0, 0.05) is 18.7 Å². The van der Waals surface area contributed by atoms with E-state index in [-0.39, 0.29) is 25.3 Å². The van der Waals surface area contributed by atoms with E-state index in [1.54, 1.807) is 12.1 Å². The van der Waals surface area contributed by atoms with E-state index in [1.807, 2.05) is 36.1 Å². The van der Waals surface area contributed by atoms with Crippen molar-refractivity contribution < 1.29 is 23.7 Å². The van der Waals surface area contributed by atoms with Gasteiger partial charge in [-0.2, -0.15) is 0 Å². The Morgan fingerprint density at radius 3 is 2.68 bits per heavy atom. The van der Waals surface area contributed by atoms with Gasteiger partial charge in [0.15, 0.2) is 23.0 Å². The van der Waals surface area contributed by atoms with Gasteiger partial charge in [0.2, 0.25) is 12.7 Å². The van der Waals surface area contributed by atoms with E-state index in [4.69, 9.17) is 30.5 Å². The molecule has 0 unspecified atom stereocenters. The minimum atomic E-state index is -0.167. The Hall–Kier alpha value is -2.64. The molecule has 1 atom stereocenters. The van der Waals surface area contributed by atoms with Crippen molar-refractivity contribution in [1.82, 2.24) is 4.90 Å². The molecule has 148 valence electrons. The monoisotopic (exact) mass is 404 g/mol. The Kier molecular flexibility index (Phi) is 5.45. The Labute approximate surface area is 168 Å². The molecule has 0 bridgehead atoms. The Morgan fingerprint density at radius 2 is 1.89 bits per heavy atom. The second-order valence-corrected chi connectivity index (χ2v) is 6.97. The molecule has 0 radical (unpaired) electrons. The molecule has 7 nitrogen and oxygen atoms in total. The number of hydrogen-bond donors (Lipinski definition) is 1. The zero-order chi connectivity index (χ0) is 19.5. The first-order valence-electron chi connectivity index (χ1n) is 9.12. The van der Waals surface area contributed by atoms with Gasteiger partial charge in [0.1, 0.15) is 12.7 Å². The number of para-hydroxylation sites is 2. The first-order chi connectivity index (χ1) is 13.6. The summed E-state index contributed by atoms with van der Waals surface area (Å²) in [5.41, 5.74) is 0.498. The van der Waals surface area contributed by atoms with Crippen molar-refractivity contribution in [3.8, 4) is 23.0 Å². The van der Waals surface area contributed by atoms with Gasteiger partial charge in [-0.25, -0.2) is 0 Å². The van der Waals surface area contributed by atoms with E-state index < -0.39 is 0 Å². The summed E-state index contributed by atoms with van der Waals surface area (Å²) in [5, 5.41) is 3.24. The van der Waals surface area contributed by atoms with Crippen LogP contribution in [0.15, 0.2) is 36.4 Å². The average molecular weight is 405 g/mol. The highest BCUT2D eigenvalue weighted by atomic mass is 35.5. The third-order valence-corrected chi connectivity index (χ3v) is 4.89. The van der Waals surface area contributed by atoms with E-state index in [0.717, 1.165) is 11.5 Å². The molecule has 2 aliphatic heterocycles. The van der Waals surface area contributed by atoms with Crippen molar-refractivity contribution in [2.75, 3.05) is 38.4 Å². The summed E-state index contributed by atoms with van der Waals surface area (Å²) in [7, 11) is 0. The van der Waals surface area contributed by atoms with Crippen LogP contribution >= 0.6 is 11.6 Å². The van der Waals surface area contributed by atoms with Crippen LogP contribution in [0.3, 0.4) is 0 Å². The van der Waals surface area contributed by atoms with Crippen molar-refractivity contribution in [3.05, 3.63) is 41.4 Å². The molecule has 0 saturated carbocycles. The normalized spacial score (nSPS) is 16.9. The van der Waals surface area contributed by atoms with E-state index in [9.17, 15) is 4.79 Å². The van der Waals surface area contributed by atoms with Crippen LogP contribution in [0.5, 0.6) is 23.0 Å². The maximum Gasteiger partial charge on any atom is 0.238 e. The zero-order valence-corrected chi connectivity index (χ0v) is 16.2. The number of likely N-dealkylation sites (N-methyl/N-ethyl adjacent to an activating group) is 1. The van der Waals surface area contributed by atoms with Gasteiger partial charge >= 0.3 is 0 Å². The van der Waals surface area contributed by atoms with Crippen LogP contribution < -0.4 is 24.3 Å². The predicted octanol–water partition coefficient (Wildman–Crippen LogP) is 3.17. The number of anilines is 1. The van der Waals surface area contributed by atoms with Crippen LogP contribution in [0.2, 0.25) is 5.02 Å². The number of amides is 1. The van der Waals surface area contributed by atoms with Crippen molar-refractivity contribution in [1.29, 1.82) is 0 Å². The molecule has 4 rings (SSSR count). The lowest BCUT2D eigenvalue weighted by Gasteiger charge is -2.30. The lowest BCUT2D eigenvalue weighted by Crippen LogP contribution is -2.43. The molecule has 0 aromatic heterocycles. The zero-order valence-electron chi connectivity index (χ0n) is 15.4. The third-order valence-electron chi connectivity index (χ3n) is 4.58. The highest BCUT2D eigenvalue weighted by molar-refractivity contribution is 6.34. The first-order valence-corrected chi connectivity index (χ1v) is 9.50. The van der Waals surface area contributed by atoms with Crippen LogP contribution in [-0.4, -0.2) is 49.9 Å². The van der Waals surface area contributed by atoms with Crippen LogP contribution in [0.25, 0.3) is 0 Å². The molecule has 0 aliphatic carbocycles.